The summed E-state index contributed by atoms with van der Waals surface area (Å²) >= 11 is 6.64. The number of thiocarbonyl (C=S) groups is 1. The van der Waals surface area contributed by atoms with E-state index in [4.69, 9.17) is 12.2 Å². The molecule has 0 bridgehead atoms. The van der Waals surface area contributed by atoms with Gasteiger partial charge in [0.2, 0.25) is 0 Å². The predicted octanol–water partition coefficient (Wildman–Crippen LogP) is 2.97. The molecule has 3 heterocycles. The molecule has 0 saturated carbocycles. The number of amides is 1. The third kappa shape index (κ3) is 4.68. The van der Waals surface area contributed by atoms with Crippen LogP contribution in [0.2, 0.25) is 0 Å². The highest BCUT2D eigenvalue weighted by molar-refractivity contribution is 8.26. The Morgan fingerprint density at radius 3 is 2.53 bits per heavy atom. The second-order valence-corrected chi connectivity index (χ2v) is 9.71. The Balaban J connectivity index is 2.22. The Morgan fingerprint density at radius 2 is 1.94 bits per heavy atom. The normalized spacial score (nSPS) is 18.5. The van der Waals surface area contributed by atoms with Crippen LogP contribution < -0.4 is 10.5 Å². The summed E-state index contributed by atoms with van der Waals surface area (Å²) in [6, 6.07) is 2.10. The molecule has 1 aromatic heterocycles. The smallest absolute Gasteiger partial charge is 0.270 e. The number of pyridine rings is 1. The van der Waals surface area contributed by atoms with Crippen LogP contribution in [0.1, 0.15) is 36.5 Å². The van der Waals surface area contributed by atoms with Crippen LogP contribution >= 0.6 is 24.0 Å². The lowest BCUT2D eigenvalue weighted by molar-refractivity contribution is -0.121. The van der Waals surface area contributed by atoms with E-state index in [0.717, 1.165) is 50.4 Å². The highest BCUT2D eigenvalue weighted by Crippen LogP contribution is 2.36. The van der Waals surface area contributed by atoms with Crippen LogP contribution in [-0.4, -0.2) is 64.4 Å². The minimum atomic E-state index is -0.260. The van der Waals surface area contributed by atoms with Crippen molar-refractivity contribution in [2.75, 3.05) is 44.7 Å². The molecule has 2 fully saturated rings. The average Bonchev–Trinajstić information content (AvgIpc) is 3.03. The fourth-order valence-electron chi connectivity index (χ4n) is 3.94. The van der Waals surface area contributed by atoms with Crippen molar-refractivity contribution >= 4 is 46.1 Å². The summed E-state index contributed by atoms with van der Waals surface area (Å²) in [4.78, 5) is 32.7. The van der Waals surface area contributed by atoms with Gasteiger partial charge < -0.3 is 9.80 Å². The molecule has 0 N–H and O–H groups in total. The first kappa shape index (κ1) is 24.2. The Bertz CT molecular complexity index is 1060. The quantitative estimate of drug-likeness (QED) is 0.344. The van der Waals surface area contributed by atoms with Gasteiger partial charge in [0.15, 0.2) is 0 Å². The van der Waals surface area contributed by atoms with E-state index >= 15 is 0 Å². The van der Waals surface area contributed by atoms with Gasteiger partial charge in [0.1, 0.15) is 21.8 Å². The molecule has 2 saturated heterocycles. The van der Waals surface area contributed by atoms with Crippen molar-refractivity contribution < 1.29 is 4.79 Å². The fourth-order valence-corrected chi connectivity index (χ4v) is 5.20. The van der Waals surface area contributed by atoms with Gasteiger partial charge in [0, 0.05) is 44.8 Å². The first-order valence-corrected chi connectivity index (χ1v) is 12.0. The Hall–Kier alpha value is -2.41. The minimum Gasteiger partial charge on any atom is -0.355 e. The van der Waals surface area contributed by atoms with E-state index in [1.807, 2.05) is 6.08 Å². The Morgan fingerprint density at radius 1 is 1.25 bits per heavy atom. The van der Waals surface area contributed by atoms with Crippen molar-refractivity contribution in [2.45, 2.75) is 33.2 Å². The summed E-state index contributed by atoms with van der Waals surface area (Å²) in [5.41, 5.74) is 1.23. The van der Waals surface area contributed by atoms with Crippen LogP contribution in [-0.2, 0) is 11.3 Å². The van der Waals surface area contributed by atoms with Gasteiger partial charge in [-0.2, -0.15) is 5.26 Å². The molecule has 1 aromatic rings. The zero-order valence-corrected chi connectivity index (χ0v) is 20.5. The molecule has 7 nitrogen and oxygen atoms in total. The number of thioether (sulfide) groups is 1. The van der Waals surface area contributed by atoms with Gasteiger partial charge in [0.05, 0.1) is 4.91 Å². The molecule has 1 amide bonds. The number of rotatable bonds is 7. The van der Waals surface area contributed by atoms with Gasteiger partial charge >= 0.3 is 0 Å². The molecule has 0 spiro atoms. The molecular weight excluding hydrogens is 442 g/mol. The largest absolute Gasteiger partial charge is 0.355 e. The summed E-state index contributed by atoms with van der Waals surface area (Å²) in [6.07, 6.45) is 5.22. The lowest BCUT2D eigenvalue weighted by Gasteiger charge is -2.36. The molecule has 0 aromatic carbocycles. The maximum Gasteiger partial charge on any atom is 0.270 e. The van der Waals surface area contributed by atoms with Crippen molar-refractivity contribution in [2.24, 2.45) is 0 Å². The predicted molar refractivity (Wildman–Crippen MR) is 135 cm³/mol. The van der Waals surface area contributed by atoms with Gasteiger partial charge in [-0.1, -0.05) is 43.4 Å². The monoisotopic (exact) mass is 471 g/mol. The number of hydrogen-bond donors (Lipinski definition) is 0. The molecule has 170 valence electrons. The molecule has 0 aliphatic carbocycles. The molecule has 2 aliphatic heterocycles. The standard InChI is InChI=1S/C23H29N5O2S2/c1-5-7-9-27-20(26-12-10-25(4)11-13-26)17(16(3)18(15-24)21(27)29)14-19-22(30)28(8-6-2)23(31)32-19/h6,14H,2,5,7-13H2,1,3-4H3. The number of anilines is 1. The van der Waals surface area contributed by atoms with E-state index < -0.39 is 0 Å². The number of nitrogens with zero attached hydrogens (tertiary/aromatic N) is 5. The zero-order chi connectivity index (χ0) is 23.4. The fraction of sp³-hybridized carbons (Fsp3) is 0.478. The number of piperazine rings is 1. The van der Waals surface area contributed by atoms with Gasteiger partial charge in [-0.05, 0) is 32.0 Å². The second kappa shape index (κ2) is 10.5. The van der Waals surface area contributed by atoms with Crippen LogP contribution in [0.5, 0.6) is 0 Å². The van der Waals surface area contributed by atoms with Gasteiger partial charge in [-0.25, -0.2) is 0 Å². The molecule has 2 aliphatic rings. The number of likely N-dealkylation sites (N-methyl/N-ethyl adjacent to an activating group) is 1. The maximum atomic E-state index is 13.3. The molecule has 3 rings (SSSR count). The van der Waals surface area contributed by atoms with E-state index in [9.17, 15) is 14.9 Å². The summed E-state index contributed by atoms with van der Waals surface area (Å²) < 4.78 is 2.22. The number of unbranched alkanes of at least 4 members (excludes halogenated alkanes) is 1. The van der Waals surface area contributed by atoms with Crippen LogP contribution in [0.15, 0.2) is 22.4 Å². The lowest BCUT2D eigenvalue weighted by Crippen LogP contribution is -2.47. The third-order valence-corrected chi connectivity index (χ3v) is 7.22. The molecule has 0 atom stereocenters. The summed E-state index contributed by atoms with van der Waals surface area (Å²) in [5, 5.41) is 9.76. The molecule has 0 unspecified atom stereocenters. The Kier molecular flexibility index (Phi) is 7.93. The van der Waals surface area contributed by atoms with Crippen molar-refractivity contribution in [3.05, 3.63) is 44.6 Å². The summed E-state index contributed by atoms with van der Waals surface area (Å²) in [6.45, 7) is 11.7. The van der Waals surface area contributed by atoms with E-state index in [2.05, 4.69) is 36.4 Å². The van der Waals surface area contributed by atoms with Crippen molar-refractivity contribution in [3.8, 4) is 6.07 Å². The zero-order valence-electron chi connectivity index (χ0n) is 18.9. The molecular formula is C23H29N5O2S2. The van der Waals surface area contributed by atoms with E-state index in [1.165, 1.54) is 16.7 Å². The topological polar surface area (TPSA) is 72.6 Å². The van der Waals surface area contributed by atoms with Gasteiger partial charge in [-0.15, -0.1) is 6.58 Å². The van der Waals surface area contributed by atoms with Crippen LogP contribution in [0.25, 0.3) is 6.08 Å². The van der Waals surface area contributed by atoms with Crippen molar-refractivity contribution in [1.82, 2.24) is 14.4 Å². The first-order valence-electron chi connectivity index (χ1n) is 10.8. The highest BCUT2D eigenvalue weighted by Gasteiger charge is 2.32. The van der Waals surface area contributed by atoms with Gasteiger partial charge in [0.25, 0.3) is 11.5 Å². The maximum absolute atomic E-state index is 13.3. The molecule has 32 heavy (non-hydrogen) atoms. The van der Waals surface area contributed by atoms with Crippen molar-refractivity contribution in [1.29, 1.82) is 5.26 Å². The Labute approximate surface area is 199 Å². The SMILES string of the molecule is C=CCN1C(=O)C(=Cc2c(C)c(C#N)c(=O)n(CCCC)c2N2CCN(C)CC2)SC1=S. The van der Waals surface area contributed by atoms with E-state index in [1.54, 1.807) is 17.6 Å². The summed E-state index contributed by atoms with van der Waals surface area (Å²) in [5.74, 6) is 0.621. The number of hydrogen-bond acceptors (Lipinski definition) is 7. The second-order valence-electron chi connectivity index (χ2n) is 8.03. The number of carbonyl (C=O) groups is 1. The third-order valence-electron chi connectivity index (χ3n) is 5.85. The molecule has 9 heteroatoms. The van der Waals surface area contributed by atoms with E-state index in [-0.39, 0.29) is 17.0 Å². The molecule has 0 radical (unpaired) electrons. The van der Waals surface area contributed by atoms with Crippen molar-refractivity contribution in [3.63, 3.8) is 0 Å². The lowest BCUT2D eigenvalue weighted by atomic mass is 10.0. The van der Waals surface area contributed by atoms with Crippen LogP contribution in [0, 0.1) is 18.3 Å². The van der Waals surface area contributed by atoms with Crippen LogP contribution in [0.3, 0.4) is 0 Å². The first-order chi connectivity index (χ1) is 15.3. The van der Waals surface area contributed by atoms with E-state index in [0.29, 0.717) is 27.9 Å². The number of carbonyl (C=O) groups excluding carboxylic acids is 1. The van der Waals surface area contributed by atoms with Crippen LogP contribution in [0.4, 0.5) is 5.82 Å². The minimum absolute atomic E-state index is 0.131. The summed E-state index contributed by atoms with van der Waals surface area (Å²) in [7, 11) is 2.08. The average molecular weight is 472 g/mol. The number of nitriles is 1. The van der Waals surface area contributed by atoms with Gasteiger partial charge in [-0.3, -0.25) is 19.1 Å². The highest BCUT2D eigenvalue weighted by atomic mass is 32.2. The number of aromatic nitrogens is 1.